The molecule has 0 unspecified atom stereocenters. The van der Waals surface area contributed by atoms with Gasteiger partial charge in [0.25, 0.3) is 0 Å². The van der Waals surface area contributed by atoms with Crippen LogP contribution in [0.2, 0.25) is 0 Å². The summed E-state index contributed by atoms with van der Waals surface area (Å²) in [7, 11) is 1.26. The van der Waals surface area contributed by atoms with E-state index in [4.69, 9.17) is 19.9 Å². The molecule has 12 nitrogen and oxygen atoms in total. The Balaban J connectivity index is 1.90. The molecule has 6 atom stereocenters. The number of aliphatic hydroxyl groups excluding tert-OH is 2. The Kier molecular flexibility index (Phi) is 7.56. The van der Waals surface area contributed by atoms with Crippen LogP contribution in [-0.4, -0.2) is 92.8 Å². The van der Waals surface area contributed by atoms with Crippen molar-refractivity contribution >= 4 is 29.2 Å². The van der Waals surface area contributed by atoms with Crippen molar-refractivity contribution in [3.05, 3.63) is 46.6 Å². The Bertz CT molecular complexity index is 1300. The number of carbonyl (C=O) groups is 3. The van der Waals surface area contributed by atoms with Crippen molar-refractivity contribution in [2.45, 2.75) is 62.4 Å². The molecule has 0 spiro atoms. The molecule has 0 aromatic heterocycles. The van der Waals surface area contributed by atoms with E-state index in [2.05, 4.69) is 13.2 Å². The van der Waals surface area contributed by atoms with Gasteiger partial charge in [-0.05, 0) is 6.92 Å². The fourth-order valence-electron chi connectivity index (χ4n) is 5.43. The van der Waals surface area contributed by atoms with Crippen LogP contribution in [0.4, 0.5) is 0 Å². The molecule has 1 aromatic carbocycles. The minimum atomic E-state index is -2.29. The van der Waals surface area contributed by atoms with Gasteiger partial charge < -0.3 is 45.5 Å². The van der Waals surface area contributed by atoms with Gasteiger partial charge in [0.15, 0.2) is 23.6 Å². The van der Waals surface area contributed by atoms with Gasteiger partial charge in [-0.2, -0.15) is 0 Å². The van der Waals surface area contributed by atoms with Gasteiger partial charge in [-0.25, -0.2) is 0 Å². The summed E-state index contributed by atoms with van der Waals surface area (Å²) in [6.45, 7) is 7.77. The van der Waals surface area contributed by atoms with Crippen LogP contribution in [0.1, 0.15) is 58.0 Å². The lowest BCUT2D eigenvalue weighted by atomic mass is 9.68. The monoisotopic (exact) mass is 545 g/mol. The van der Waals surface area contributed by atoms with E-state index >= 15 is 0 Å². The average molecular weight is 546 g/mol. The van der Waals surface area contributed by atoms with Crippen molar-refractivity contribution in [1.82, 2.24) is 0 Å². The highest BCUT2D eigenvalue weighted by Gasteiger charge is 2.52. The molecule has 1 aromatic rings. The number of benzene rings is 1. The number of fused-ring (bicyclic) bond motifs is 1. The maximum absolute atomic E-state index is 13.9. The number of ketones is 3. The molecule has 0 saturated carbocycles. The highest BCUT2D eigenvalue weighted by molar-refractivity contribution is 6.30. The van der Waals surface area contributed by atoms with Crippen LogP contribution in [-0.2, 0) is 19.0 Å². The number of phenolic OH excluding ortho intramolecular Hbond substituents is 2. The molecule has 1 saturated heterocycles. The number of hydrogen-bond acceptors (Lipinski definition) is 12. The van der Waals surface area contributed by atoms with E-state index < -0.39 is 95.7 Å². The lowest BCUT2D eigenvalue weighted by Gasteiger charge is -2.42. The minimum absolute atomic E-state index is 0.0116. The van der Waals surface area contributed by atoms with Crippen LogP contribution in [0.25, 0.3) is 11.8 Å². The third kappa shape index (κ3) is 4.48. The Morgan fingerprint density at radius 3 is 2.44 bits per heavy atom. The van der Waals surface area contributed by atoms with Crippen LogP contribution in [0.5, 0.6) is 11.5 Å². The van der Waals surface area contributed by atoms with E-state index in [1.54, 1.807) is 6.92 Å². The zero-order valence-electron chi connectivity index (χ0n) is 21.5. The highest BCUT2D eigenvalue weighted by atomic mass is 16.7. The third-order valence-corrected chi connectivity index (χ3v) is 7.56. The van der Waals surface area contributed by atoms with E-state index in [0.717, 1.165) is 6.08 Å². The molecule has 0 amide bonds. The number of nitrogens with two attached hydrogens (primary N) is 1. The van der Waals surface area contributed by atoms with Gasteiger partial charge in [-0.15, -0.1) is 0 Å². The molecule has 12 heteroatoms. The van der Waals surface area contributed by atoms with Gasteiger partial charge in [-0.3, -0.25) is 14.4 Å². The molecular weight excluding hydrogens is 514 g/mol. The fraction of sp³-hybridized carbons (Fsp3) is 0.444. The standard InChI is InChI=1S/C27H31NO11/c1-5-12-18(10(2)37-4)25(34)21-20(23(12)32)24(33)13-7-27(36,16(30)9-29)8-15(19(13)26(21)35)39-17-6-14(28)22(31)11(3)38-17/h5,11,14-15,17,22,29,31-32,34,36H,1-2,6-9,28H2,3-4H3/t11-,14-,15-,17-,22-,27-/m0/s1. The summed E-state index contributed by atoms with van der Waals surface area (Å²) in [6, 6.07) is -0.751. The van der Waals surface area contributed by atoms with Gasteiger partial charge in [0.1, 0.15) is 29.5 Å². The molecule has 4 rings (SSSR count). The van der Waals surface area contributed by atoms with E-state index in [1.807, 2.05) is 0 Å². The fourth-order valence-corrected chi connectivity index (χ4v) is 5.43. The number of phenols is 2. The summed E-state index contributed by atoms with van der Waals surface area (Å²) in [5.74, 6) is -4.33. The van der Waals surface area contributed by atoms with Crippen molar-refractivity contribution in [1.29, 1.82) is 0 Å². The Morgan fingerprint density at radius 2 is 1.87 bits per heavy atom. The second-order valence-corrected chi connectivity index (χ2v) is 9.90. The van der Waals surface area contributed by atoms with Crippen LogP contribution in [0.3, 0.4) is 0 Å². The number of rotatable bonds is 7. The van der Waals surface area contributed by atoms with Crippen LogP contribution in [0, 0.1) is 0 Å². The second-order valence-electron chi connectivity index (χ2n) is 9.90. The molecule has 1 heterocycles. The SMILES string of the molecule is C=Cc1c(O)c2c(c(O)c1C(=C)OC)C(=O)C1=C(C[C@@](O)(C(=O)CO)C[C@@H]1O[C@H]1C[C@H](N)[C@@H](O)[C@H](C)O1)C2=O. The summed E-state index contributed by atoms with van der Waals surface area (Å²) in [6.07, 6.45) is -4.30. The topological polar surface area (TPSA) is 206 Å². The number of carbonyl (C=O) groups excluding carboxylic acids is 3. The maximum Gasteiger partial charge on any atom is 0.196 e. The Morgan fingerprint density at radius 1 is 1.23 bits per heavy atom. The summed E-state index contributed by atoms with van der Waals surface area (Å²) in [5.41, 5.74) is 1.75. The lowest BCUT2D eigenvalue weighted by molar-refractivity contribution is -0.239. The van der Waals surface area contributed by atoms with Gasteiger partial charge in [0.2, 0.25) is 0 Å². The van der Waals surface area contributed by atoms with Crippen LogP contribution < -0.4 is 5.73 Å². The molecule has 3 aliphatic rings. The molecule has 0 radical (unpaired) electrons. The Labute approximate surface area is 223 Å². The van der Waals surface area contributed by atoms with Crippen molar-refractivity contribution < 1.29 is 54.1 Å². The van der Waals surface area contributed by atoms with Crippen molar-refractivity contribution in [3.8, 4) is 11.5 Å². The number of ether oxygens (including phenoxy) is 3. The van der Waals surface area contributed by atoms with Crippen LogP contribution in [0.15, 0.2) is 24.3 Å². The van der Waals surface area contributed by atoms with Gasteiger partial charge in [0.05, 0.1) is 42.1 Å². The summed E-state index contributed by atoms with van der Waals surface area (Å²) in [4.78, 5) is 40.3. The normalized spacial score (nSPS) is 30.5. The molecular formula is C27H31NO11. The second kappa shape index (κ2) is 10.3. The molecule has 7 N–H and O–H groups in total. The summed E-state index contributed by atoms with van der Waals surface area (Å²) >= 11 is 0. The van der Waals surface area contributed by atoms with Crippen LogP contribution >= 0.6 is 0 Å². The molecule has 0 bridgehead atoms. The zero-order valence-corrected chi connectivity index (χ0v) is 21.5. The first-order chi connectivity index (χ1) is 18.3. The molecule has 2 aliphatic carbocycles. The molecule has 39 heavy (non-hydrogen) atoms. The van der Waals surface area contributed by atoms with E-state index in [-0.39, 0.29) is 34.5 Å². The first-order valence-electron chi connectivity index (χ1n) is 12.2. The number of hydrogen-bond donors (Lipinski definition) is 6. The minimum Gasteiger partial charge on any atom is -0.506 e. The van der Waals surface area contributed by atoms with E-state index in [9.17, 15) is 39.9 Å². The Hall–Kier alpha value is -3.39. The predicted octanol–water partition coefficient (Wildman–Crippen LogP) is 0.328. The van der Waals surface area contributed by atoms with Crippen molar-refractivity contribution in [2.75, 3.05) is 13.7 Å². The van der Waals surface area contributed by atoms with Gasteiger partial charge >= 0.3 is 0 Å². The highest BCUT2D eigenvalue weighted by Crippen LogP contribution is 2.49. The first-order valence-corrected chi connectivity index (χ1v) is 12.2. The summed E-state index contributed by atoms with van der Waals surface area (Å²) < 4.78 is 16.8. The van der Waals surface area contributed by atoms with E-state index in [0.29, 0.717) is 0 Å². The number of methoxy groups -OCH3 is 1. The molecule has 210 valence electrons. The largest absolute Gasteiger partial charge is 0.506 e. The molecule has 1 aliphatic heterocycles. The number of aliphatic hydroxyl groups is 3. The van der Waals surface area contributed by atoms with Crippen molar-refractivity contribution in [3.63, 3.8) is 0 Å². The first kappa shape index (κ1) is 28.6. The molecule has 1 fully saturated rings. The zero-order chi connectivity index (χ0) is 29.0. The number of Topliss-reactive ketones (excluding diaryl/α,β-unsaturated/α-hetero) is 3. The van der Waals surface area contributed by atoms with Gasteiger partial charge in [0, 0.05) is 42.0 Å². The van der Waals surface area contributed by atoms with Crippen molar-refractivity contribution in [2.24, 2.45) is 5.73 Å². The maximum atomic E-state index is 13.9. The number of aromatic hydroxyl groups is 2. The average Bonchev–Trinajstić information content (AvgIpc) is 2.89. The predicted molar refractivity (Wildman–Crippen MR) is 136 cm³/mol. The quantitative estimate of drug-likeness (QED) is 0.202. The lowest BCUT2D eigenvalue weighted by Crippen LogP contribution is -2.55. The third-order valence-electron chi connectivity index (χ3n) is 7.56. The van der Waals surface area contributed by atoms with E-state index in [1.165, 1.54) is 7.11 Å². The smallest absolute Gasteiger partial charge is 0.196 e. The van der Waals surface area contributed by atoms with Gasteiger partial charge in [-0.1, -0.05) is 19.2 Å². The summed E-state index contributed by atoms with van der Waals surface area (Å²) in [5, 5.41) is 53.0.